The van der Waals surface area contributed by atoms with Gasteiger partial charge >= 0.3 is 0 Å². The van der Waals surface area contributed by atoms with Crippen LogP contribution in [-0.2, 0) is 11.3 Å². The van der Waals surface area contributed by atoms with Gasteiger partial charge in [0.2, 0.25) is 11.7 Å². The van der Waals surface area contributed by atoms with E-state index in [1.54, 1.807) is 4.57 Å². The van der Waals surface area contributed by atoms with Crippen molar-refractivity contribution in [3.8, 4) is 11.4 Å². The van der Waals surface area contributed by atoms with Crippen LogP contribution in [0.5, 0.6) is 0 Å². The molecule has 3 heterocycles. The minimum absolute atomic E-state index is 0.0588. The van der Waals surface area contributed by atoms with E-state index < -0.39 is 0 Å². The first kappa shape index (κ1) is 17.5. The lowest BCUT2D eigenvalue weighted by Gasteiger charge is -2.27. The minimum atomic E-state index is -0.240. The van der Waals surface area contributed by atoms with Gasteiger partial charge in [-0.2, -0.15) is 9.50 Å². The number of carbonyl (C=O) groups is 1. The van der Waals surface area contributed by atoms with Gasteiger partial charge in [0.05, 0.1) is 0 Å². The number of hydrogen-bond acceptors (Lipinski definition) is 4. The second-order valence-electron chi connectivity index (χ2n) is 7.17. The lowest BCUT2D eigenvalue weighted by molar-refractivity contribution is -0.132. The average Bonchev–Trinajstić information content (AvgIpc) is 3.11. The lowest BCUT2D eigenvalue weighted by atomic mass is 10.1. The molecule has 0 spiro atoms. The van der Waals surface area contributed by atoms with Gasteiger partial charge in [0.25, 0.3) is 5.56 Å². The third kappa shape index (κ3) is 3.37. The van der Waals surface area contributed by atoms with Gasteiger partial charge in [0, 0.05) is 30.4 Å². The highest BCUT2D eigenvalue weighted by atomic mass is 16.2. The molecular weight excluding hydrogens is 342 g/mol. The lowest BCUT2D eigenvalue weighted by Crippen LogP contribution is -2.38. The van der Waals surface area contributed by atoms with E-state index >= 15 is 0 Å². The molecule has 0 radical (unpaired) electrons. The van der Waals surface area contributed by atoms with Crippen LogP contribution in [0.25, 0.3) is 17.2 Å². The van der Waals surface area contributed by atoms with Crippen LogP contribution in [0, 0.1) is 13.8 Å². The van der Waals surface area contributed by atoms with Crippen LogP contribution in [0.3, 0.4) is 0 Å². The number of aryl methyl sites for hydroxylation is 2. The van der Waals surface area contributed by atoms with E-state index in [4.69, 9.17) is 0 Å². The number of benzene rings is 1. The molecule has 1 aromatic carbocycles. The summed E-state index contributed by atoms with van der Waals surface area (Å²) in [4.78, 5) is 31.6. The average molecular weight is 365 g/mol. The fraction of sp³-hybridized carbons (Fsp3) is 0.400. The zero-order chi connectivity index (χ0) is 19.0. The van der Waals surface area contributed by atoms with Crippen molar-refractivity contribution in [3.63, 3.8) is 0 Å². The molecule has 1 aliphatic heterocycles. The molecular formula is C20H23N5O2. The third-order valence-electron chi connectivity index (χ3n) is 5.08. The summed E-state index contributed by atoms with van der Waals surface area (Å²) in [5.74, 6) is 0.950. The van der Waals surface area contributed by atoms with E-state index in [1.165, 1.54) is 17.0 Å². The van der Waals surface area contributed by atoms with Crippen LogP contribution in [0.15, 0.2) is 35.1 Å². The Balaban J connectivity index is 1.76. The molecule has 140 valence electrons. The largest absolute Gasteiger partial charge is 0.341 e. The van der Waals surface area contributed by atoms with E-state index in [1.807, 2.05) is 43.0 Å². The van der Waals surface area contributed by atoms with Crippen LogP contribution in [0.4, 0.5) is 0 Å². The van der Waals surface area contributed by atoms with Gasteiger partial charge in [-0.25, -0.2) is 0 Å². The summed E-state index contributed by atoms with van der Waals surface area (Å²) in [6, 6.07) is 9.34. The van der Waals surface area contributed by atoms with Gasteiger partial charge < -0.3 is 9.47 Å². The number of aromatic nitrogens is 4. The van der Waals surface area contributed by atoms with Gasteiger partial charge in [-0.15, -0.1) is 5.10 Å². The smallest absolute Gasteiger partial charge is 0.275 e. The Labute approximate surface area is 157 Å². The zero-order valence-electron chi connectivity index (χ0n) is 15.7. The van der Waals surface area contributed by atoms with E-state index in [9.17, 15) is 9.59 Å². The molecule has 0 saturated carbocycles. The Morgan fingerprint density at radius 1 is 1.11 bits per heavy atom. The first-order chi connectivity index (χ1) is 13.0. The molecule has 0 atom stereocenters. The Morgan fingerprint density at radius 2 is 1.89 bits per heavy atom. The van der Waals surface area contributed by atoms with E-state index in [2.05, 4.69) is 10.1 Å². The first-order valence-corrected chi connectivity index (χ1v) is 9.35. The summed E-state index contributed by atoms with van der Waals surface area (Å²) in [6.07, 6.45) is 3.27. The van der Waals surface area contributed by atoms with Crippen LogP contribution in [0.2, 0.25) is 0 Å². The van der Waals surface area contributed by atoms with Crippen molar-refractivity contribution in [2.75, 3.05) is 13.1 Å². The van der Waals surface area contributed by atoms with E-state index in [0.717, 1.165) is 37.1 Å². The highest BCUT2D eigenvalue weighted by molar-refractivity contribution is 5.76. The topological polar surface area (TPSA) is 72.5 Å². The van der Waals surface area contributed by atoms with Crippen LogP contribution < -0.4 is 5.56 Å². The number of hydrogen-bond donors (Lipinski definition) is 0. The maximum atomic E-state index is 12.7. The van der Waals surface area contributed by atoms with Gasteiger partial charge in [-0.1, -0.05) is 23.8 Å². The molecule has 7 heteroatoms. The predicted octanol–water partition coefficient (Wildman–Crippen LogP) is 2.19. The fourth-order valence-electron chi connectivity index (χ4n) is 3.58. The number of fused-ring (bicyclic) bond motifs is 1. The monoisotopic (exact) mass is 365 g/mol. The van der Waals surface area contributed by atoms with Gasteiger partial charge in [-0.3, -0.25) is 9.59 Å². The molecule has 1 saturated heterocycles. The fourth-order valence-corrected chi connectivity index (χ4v) is 3.58. The Bertz CT molecular complexity index is 1060. The Hall–Kier alpha value is -2.96. The molecule has 1 aliphatic rings. The minimum Gasteiger partial charge on any atom is -0.341 e. The quantitative estimate of drug-likeness (QED) is 0.713. The molecule has 1 amide bonds. The second-order valence-corrected chi connectivity index (χ2v) is 7.17. The Kier molecular flexibility index (Phi) is 4.51. The van der Waals surface area contributed by atoms with Crippen molar-refractivity contribution in [2.45, 2.75) is 39.7 Å². The van der Waals surface area contributed by atoms with Crippen LogP contribution in [-0.4, -0.2) is 43.1 Å². The maximum absolute atomic E-state index is 12.7. The van der Waals surface area contributed by atoms with Gasteiger partial charge in [0.15, 0.2) is 5.82 Å². The molecule has 0 N–H and O–H groups in total. The van der Waals surface area contributed by atoms with Crippen LogP contribution >= 0.6 is 0 Å². The molecule has 7 nitrogen and oxygen atoms in total. The summed E-state index contributed by atoms with van der Waals surface area (Å²) < 4.78 is 3.07. The number of carbonyl (C=O) groups excluding carboxylic acids is 1. The molecule has 3 aromatic rings. The number of rotatable bonds is 3. The SMILES string of the molecule is Cc1cccc(-c2nc3n(CC(=O)N4CCCCC4)c(C)cc(=O)n3n2)c1. The second kappa shape index (κ2) is 6.98. The molecule has 0 aliphatic carbocycles. The number of piperidine rings is 1. The first-order valence-electron chi connectivity index (χ1n) is 9.35. The van der Waals surface area contributed by atoms with Crippen LogP contribution in [0.1, 0.15) is 30.5 Å². The van der Waals surface area contributed by atoms with E-state index in [-0.39, 0.29) is 18.0 Å². The third-order valence-corrected chi connectivity index (χ3v) is 5.08. The zero-order valence-corrected chi connectivity index (χ0v) is 15.7. The van der Waals surface area contributed by atoms with Crippen molar-refractivity contribution in [3.05, 3.63) is 51.9 Å². The molecule has 0 unspecified atom stereocenters. The van der Waals surface area contributed by atoms with Gasteiger partial charge in [0.1, 0.15) is 6.54 Å². The Morgan fingerprint density at radius 3 is 2.63 bits per heavy atom. The molecule has 1 fully saturated rings. The van der Waals surface area contributed by atoms with Crippen molar-refractivity contribution < 1.29 is 4.79 Å². The highest BCUT2D eigenvalue weighted by Gasteiger charge is 2.20. The number of likely N-dealkylation sites (tertiary alicyclic amines) is 1. The van der Waals surface area contributed by atoms with Crippen molar-refractivity contribution in [1.29, 1.82) is 0 Å². The number of nitrogens with zero attached hydrogens (tertiary/aromatic N) is 5. The van der Waals surface area contributed by atoms with E-state index in [0.29, 0.717) is 17.3 Å². The summed E-state index contributed by atoms with van der Waals surface area (Å²) >= 11 is 0. The highest BCUT2D eigenvalue weighted by Crippen LogP contribution is 2.18. The molecule has 2 aromatic heterocycles. The van der Waals surface area contributed by atoms with Crippen molar-refractivity contribution in [1.82, 2.24) is 24.1 Å². The molecule has 0 bridgehead atoms. The van der Waals surface area contributed by atoms with Crippen molar-refractivity contribution >= 4 is 11.7 Å². The van der Waals surface area contributed by atoms with Crippen molar-refractivity contribution in [2.24, 2.45) is 0 Å². The standard InChI is InChI=1S/C20H23N5O2/c1-14-7-6-8-16(11-14)19-21-20-24(15(2)12-17(26)25(20)22-19)13-18(27)23-9-4-3-5-10-23/h6-8,11-12H,3-5,9-10,13H2,1-2H3. The molecule has 4 rings (SSSR count). The summed E-state index contributed by atoms with van der Waals surface area (Å²) in [5, 5.41) is 4.39. The summed E-state index contributed by atoms with van der Waals surface area (Å²) in [5.41, 5.74) is 2.42. The normalized spacial score (nSPS) is 14.7. The maximum Gasteiger partial charge on any atom is 0.275 e. The molecule has 27 heavy (non-hydrogen) atoms. The summed E-state index contributed by atoms with van der Waals surface area (Å²) in [6.45, 7) is 5.60. The summed E-state index contributed by atoms with van der Waals surface area (Å²) in [7, 11) is 0. The predicted molar refractivity (Wildman–Crippen MR) is 103 cm³/mol. The van der Waals surface area contributed by atoms with Gasteiger partial charge in [-0.05, 0) is 39.2 Å². The number of amides is 1.